The van der Waals surface area contributed by atoms with Crippen LogP contribution in [0.3, 0.4) is 0 Å². The fourth-order valence-electron chi connectivity index (χ4n) is 7.67. The van der Waals surface area contributed by atoms with Gasteiger partial charge in [-0.2, -0.15) is 0 Å². The number of benzene rings is 3. The Labute approximate surface area is 234 Å². The second-order valence-electron chi connectivity index (χ2n) is 11.1. The van der Waals surface area contributed by atoms with Crippen LogP contribution in [0.5, 0.6) is 0 Å². The molecule has 10 nitrogen and oxygen atoms in total. The Morgan fingerprint density at radius 3 is 2.29 bits per heavy atom. The number of likely N-dealkylation sites (N-methyl/N-ethyl adjacent to an activating group) is 1. The van der Waals surface area contributed by atoms with Crippen molar-refractivity contribution in [1.29, 1.82) is 0 Å². The molecule has 5 aromatic rings. The molecule has 10 heteroatoms. The number of aromatic nitrogens is 2. The Morgan fingerprint density at radius 1 is 1.02 bits per heavy atom. The lowest BCUT2D eigenvalue weighted by molar-refractivity contribution is -0.265. The van der Waals surface area contributed by atoms with Crippen LogP contribution in [-0.4, -0.2) is 64.9 Å². The van der Waals surface area contributed by atoms with Crippen LogP contribution in [0.1, 0.15) is 47.2 Å². The number of nitrogens with zero attached hydrogens (tertiary/aromatic N) is 3. The topological polar surface area (TPSA) is 104 Å². The highest BCUT2D eigenvalue weighted by Crippen LogP contribution is 2.54. The summed E-state index contributed by atoms with van der Waals surface area (Å²) < 4.78 is 22.9. The number of nitrogens with one attached hydrogen (secondary N) is 1. The van der Waals surface area contributed by atoms with Crippen LogP contribution in [0, 0.1) is 0 Å². The van der Waals surface area contributed by atoms with E-state index in [1.54, 1.807) is 26.0 Å². The highest BCUT2D eigenvalue weighted by Gasteiger charge is 2.55. The molecule has 3 aliphatic rings. The van der Waals surface area contributed by atoms with E-state index in [0.29, 0.717) is 22.9 Å². The average molecular weight is 553 g/mol. The van der Waals surface area contributed by atoms with Crippen LogP contribution in [0.15, 0.2) is 48.5 Å². The van der Waals surface area contributed by atoms with Crippen LogP contribution in [0.2, 0.25) is 0 Å². The largest absolute Gasteiger partial charge is 0.450 e. The molecule has 0 saturated carbocycles. The first-order valence-electron chi connectivity index (χ1n) is 13.8. The van der Waals surface area contributed by atoms with Gasteiger partial charge in [-0.1, -0.05) is 36.4 Å². The van der Waals surface area contributed by atoms with Gasteiger partial charge in [-0.05, 0) is 26.0 Å². The number of carbonyl (C=O) groups is 3. The third-order valence-electron chi connectivity index (χ3n) is 9.18. The van der Waals surface area contributed by atoms with Gasteiger partial charge in [0.15, 0.2) is 5.72 Å². The summed E-state index contributed by atoms with van der Waals surface area (Å²) in [6.07, 6.45) is -1.13. The predicted octanol–water partition coefficient (Wildman–Crippen LogP) is 4.86. The third-order valence-corrected chi connectivity index (χ3v) is 9.18. The van der Waals surface area contributed by atoms with E-state index in [2.05, 4.69) is 14.5 Å². The highest BCUT2D eigenvalue weighted by molar-refractivity contribution is 6.39. The zero-order valence-electron chi connectivity index (χ0n) is 23.1. The summed E-state index contributed by atoms with van der Waals surface area (Å²) in [4.78, 5) is 41.6. The molecule has 1 saturated heterocycles. The van der Waals surface area contributed by atoms with Crippen LogP contribution < -0.4 is 5.32 Å². The standard InChI is InChI=1S/C31H28N4O6/c1-5-40-30(38)33(3)19-14-20-34-17-12-8-6-10-15(17)21-23-24(29(37)32-28(23)36)22-16-11-7-9-13-18(16)35(26(22)25(21)34)31(2,41-20)27(19)39-4/h6-13,19-20,27H,5,14H2,1-4H3,(H,32,36,37)/t19-,20-,27-,31+/m0/s1. The second kappa shape index (κ2) is 8.08. The minimum absolute atomic E-state index is 0.254. The first kappa shape index (κ1) is 24.4. The average Bonchev–Trinajstić information content (AvgIpc) is 3.57. The summed E-state index contributed by atoms with van der Waals surface area (Å²) >= 11 is 0. The molecule has 3 aromatic carbocycles. The van der Waals surface area contributed by atoms with E-state index in [0.717, 1.165) is 38.2 Å². The quantitative estimate of drug-likeness (QED) is 0.321. The van der Waals surface area contributed by atoms with Crippen LogP contribution in [0.25, 0.3) is 43.6 Å². The zero-order valence-corrected chi connectivity index (χ0v) is 23.1. The summed E-state index contributed by atoms with van der Waals surface area (Å²) in [5.74, 6) is -0.811. The summed E-state index contributed by atoms with van der Waals surface area (Å²) in [5.41, 5.74) is 3.00. The van der Waals surface area contributed by atoms with Crippen molar-refractivity contribution in [2.75, 3.05) is 20.8 Å². The van der Waals surface area contributed by atoms with Crippen LogP contribution in [0.4, 0.5) is 4.79 Å². The first-order valence-corrected chi connectivity index (χ1v) is 13.8. The molecular weight excluding hydrogens is 524 g/mol. The van der Waals surface area contributed by atoms with Gasteiger partial charge in [-0.15, -0.1) is 0 Å². The zero-order chi connectivity index (χ0) is 28.4. The molecule has 3 amide bonds. The van der Waals surface area contributed by atoms with Gasteiger partial charge >= 0.3 is 6.09 Å². The Hall–Kier alpha value is -4.41. The lowest BCUT2D eigenvalue weighted by Crippen LogP contribution is -2.61. The van der Waals surface area contributed by atoms with Gasteiger partial charge in [0.1, 0.15) is 12.3 Å². The number of hydrogen-bond donors (Lipinski definition) is 1. The van der Waals surface area contributed by atoms with E-state index in [1.165, 1.54) is 0 Å². The molecule has 41 heavy (non-hydrogen) atoms. The van der Waals surface area contributed by atoms with Gasteiger partial charge in [0, 0.05) is 42.1 Å². The van der Waals surface area contributed by atoms with Crippen molar-refractivity contribution in [3.63, 3.8) is 0 Å². The minimum atomic E-state index is -1.11. The van der Waals surface area contributed by atoms with Crippen molar-refractivity contribution in [2.24, 2.45) is 0 Å². The van der Waals surface area contributed by atoms with E-state index >= 15 is 0 Å². The molecule has 4 atom stereocenters. The Morgan fingerprint density at radius 2 is 1.63 bits per heavy atom. The van der Waals surface area contributed by atoms with Gasteiger partial charge in [0.05, 0.1) is 45.8 Å². The third kappa shape index (κ3) is 2.81. The lowest BCUT2D eigenvalue weighted by Gasteiger charge is -2.50. The summed E-state index contributed by atoms with van der Waals surface area (Å²) in [6, 6.07) is 15.3. The number of fused-ring (bicyclic) bond motifs is 13. The summed E-state index contributed by atoms with van der Waals surface area (Å²) in [7, 11) is 3.35. The van der Waals surface area contributed by atoms with Crippen molar-refractivity contribution >= 4 is 61.5 Å². The first-order chi connectivity index (χ1) is 19.8. The van der Waals surface area contributed by atoms with Crippen molar-refractivity contribution in [1.82, 2.24) is 19.4 Å². The predicted molar refractivity (Wildman–Crippen MR) is 152 cm³/mol. The van der Waals surface area contributed by atoms with Gasteiger partial charge < -0.3 is 28.2 Å². The van der Waals surface area contributed by atoms with Crippen LogP contribution >= 0.6 is 0 Å². The molecule has 0 radical (unpaired) electrons. The summed E-state index contributed by atoms with van der Waals surface area (Å²) in [5, 5.41) is 5.69. The van der Waals surface area contributed by atoms with Crippen molar-refractivity contribution in [3.05, 3.63) is 59.7 Å². The SMILES string of the molecule is CCOC(=O)N(C)[C@H]1C[C@@H]2O[C@](C)([C@H]1OC)n1c3ccccc3c3c4c(c5c6ccccc6n2c5c31)C(=O)NC4=O. The smallest absolute Gasteiger partial charge is 0.409 e. The number of rotatable bonds is 3. The van der Waals surface area contributed by atoms with Crippen LogP contribution in [-0.2, 0) is 19.9 Å². The van der Waals surface area contributed by atoms with Gasteiger partial charge in [0.2, 0.25) is 0 Å². The fraction of sp³-hybridized carbons (Fsp3) is 0.323. The van der Waals surface area contributed by atoms with Crippen molar-refractivity contribution in [3.8, 4) is 0 Å². The molecule has 0 unspecified atom stereocenters. The highest BCUT2D eigenvalue weighted by atomic mass is 16.6. The van der Waals surface area contributed by atoms with E-state index in [4.69, 9.17) is 14.2 Å². The number of hydrogen-bond acceptors (Lipinski definition) is 6. The van der Waals surface area contributed by atoms with Crippen molar-refractivity contribution < 1.29 is 28.6 Å². The number of amides is 3. The fourth-order valence-corrected chi connectivity index (χ4v) is 7.67. The minimum Gasteiger partial charge on any atom is -0.450 e. The molecule has 208 valence electrons. The number of carbonyl (C=O) groups excluding carboxylic acids is 3. The molecule has 5 heterocycles. The van der Waals surface area contributed by atoms with E-state index in [-0.39, 0.29) is 6.61 Å². The van der Waals surface area contributed by atoms with Gasteiger partial charge in [-0.25, -0.2) is 4.79 Å². The number of ether oxygens (including phenoxy) is 3. The van der Waals surface area contributed by atoms with E-state index < -0.39 is 42.0 Å². The molecule has 3 aliphatic heterocycles. The Kier molecular flexibility index (Phi) is 4.81. The van der Waals surface area contributed by atoms with Crippen molar-refractivity contribution in [2.45, 2.75) is 44.4 Å². The maximum Gasteiger partial charge on any atom is 0.409 e. The molecule has 0 spiro atoms. The molecular formula is C31H28N4O6. The normalized spacial score (nSPS) is 24.8. The maximum absolute atomic E-state index is 13.5. The maximum atomic E-state index is 13.5. The monoisotopic (exact) mass is 552 g/mol. The Bertz CT molecular complexity index is 2010. The molecule has 8 rings (SSSR count). The van der Waals surface area contributed by atoms with E-state index in [1.807, 2.05) is 55.5 Å². The lowest BCUT2D eigenvalue weighted by atomic mass is 9.92. The summed E-state index contributed by atoms with van der Waals surface area (Å²) in [6.45, 7) is 4.01. The molecule has 1 N–H and O–H groups in total. The van der Waals surface area contributed by atoms with E-state index in [9.17, 15) is 14.4 Å². The molecule has 2 aromatic heterocycles. The van der Waals surface area contributed by atoms with Gasteiger partial charge in [-0.3, -0.25) is 14.9 Å². The molecule has 1 fully saturated rings. The number of imide groups is 1. The Balaban J connectivity index is 1.60. The number of methoxy groups -OCH3 is 1. The molecule has 0 aliphatic carbocycles. The number of para-hydroxylation sites is 2. The van der Waals surface area contributed by atoms with Gasteiger partial charge in [0.25, 0.3) is 11.8 Å². The second-order valence-corrected chi connectivity index (χ2v) is 11.1. The molecule has 2 bridgehead atoms.